The number of methoxy groups -OCH3 is 1. The van der Waals surface area contributed by atoms with Crippen molar-refractivity contribution >= 4 is 17.7 Å². The summed E-state index contributed by atoms with van der Waals surface area (Å²) in [6.07, 6.45) is -0.151. The molecule has 1 aromatic heterocycles. The number of aliphatic carboxylic acids is 1. The van der Waals surface area contributed by atoms with Crippen molar-refractivity contribution in [2.24, 2.45) is 7.05 Å². The highest BCUT2D eigenvalue weighted by molar-refractivity contribution is 7.99. The molecule has 1 atom stereocenters. The third-order valence-corrected chi connectivity index (χ3v) is 2.92. The normalized spacial score (nSPS) is 12.7. The van der Waals surface area contributed by atoms with Gasteiger partial charge in [0.15, 0.2) is 11.0 Å². The van der Waals surface area contributed by atoms with Gasteiger partial charge >= 0.3 is 5.97 Å². The van der Waals surface area contributed by atoms with Crippen molar-refractivity contribution in [1.29, 1.82) is 0 Å². The molecule has 84 valence electrons. The van der Waals surface area contributed by atoms with Gasteiger partial charge in [-0.2, -0.15) is 0 Å². The average Bonchev–Trinajstić information content (AvgIpc) is 2.56. The zero-order valence-corrected chi connectivity index (χ0v) is 9.61. The summed E-state index contributed by atoms with van der Waals surface area (Å²) in [4.78, 5) is 10.4. The van der Waals surface area contributed by atoms with Crippen LogP contribution in [0.25, 0.3) is 0 Å². The summed E-state index contributed by atoms with van der Waals surface area (Å²) in [7, 11) is 3.37. The number of ether oxygens (including phenoxy) is 1. The fourth-order valence-electron chi connectivity index (χ4n) is 1.04. The first kappa shape index (κ1) is 12.0. The van der Waals surface area contributed by atoms with Gasteiger partial charge in [-0.25, -0.2) is 0 Å². The van der Waals surface area contributed by atoms with Crippen LogP contribution in [0.3, 0.4) is 0 Å². The van der Waals surface area contributed by atoms with Crippen molar-refractivity contribution < 1.29 is 14.6 Å². The molecule has 0 aliphatic rings. The molecule has 1 aromatic rings. The Hall–Kier alpha value is -1.08. The molecule has 0 radical (unpaired) electrons. The van der Waals surface area contributed by atoms with Gasteiger partial charge in [-0.05, 0) is 6.92 Å². The molecular weight excluding hydrogens is 218 g/mol. The minimum atomic E-state index is -0.871. The number of carboxylic acid groups (broad SMARTS) is 1. The van der Waals surface area contributed by atoms with Gasteiger partial charge in [0.1, 0.15) is 6.10 Å². The van der Waals surface area contributed by atoms with Gasteiger partial charge in [0.25, 0.3) is 0 Å². The first-order valence-electron chi connectivity index (χ1n) is 4.33. The van der Waals surface area contributed by atoms with E-state index in [1.54, 1.807) is 18.7 Å². The second kappa shape index (κ2) is 5.13. The molecule has 0 saturated carbocycles. The summed E-state index contributed by atoms with van der Waals surface area (Å²) in [5.74, 6) is -0.206. The maximum atomic E-state index is 10.4. The SMILES string of the molecule is COC(C)c1nnc(SCC(=O)O)n1C. The van der Waals surface area contributed by atoms with Crippen molar-refractivity contribution in [3.05, 3.63) is 5.82 Å². The molecule has 15 heavy (non-hydrogen) atoms. The molecule has 1 rings (SSSR count). The van der Waals surface area contributed by atoms with Gasteiger partial charge in [-0.3, -0.25) is 4.79 Å². The fraction of sp³-hybridized carbons (Fsp3) is 0.625. The Balaban J connectivity index is 2.75. The predicted octanol–water partition coefficient (Wildman–Crippen LogP) is 0.699. The van der Waals surface area contributed by atoms with Gasteiger partial charge in [0.2, 0.25) is 0 Å². The van der Waals surface area contributed by atoms with Gasteiger partial charge in [0, 0.05) is 14.2 Å². The minimum absolute atomic E-state index is 0.0205. The lowest BCUT2D eigenvalue weighted by Crippen LogP contribution is -2.06. The molecule has 6 nitrogen and oxygen atoms in total. The van der Waals surface area contributed by atoms with Crippen LogP contribution in [-0.4, -0.2) is 38.7 Å². The summed E-state index contributed by atoms with van der Waals surface area (Å²) in [6.45, 7) is 1.86. The van der Waals surface area contributed by atoms with E-state index in [1.165, 1.54) is 0 Å². The molecule has 1 heterocycles. The van der Waals surface area contributed by atoms with Crippen LogP contribution in [-0.2, 0) is 16.6 Å². The molecular formula is C8H13N3O3S. The van der Waals surface area contributed by atoms with E-state index >= 15 is 0 Å². The van der Waals surface area contributed by atoms with E-state index in [-0.39, 0.29) is 11.9 Å². The molecule has 0 spiro atoms. The molecule has 0 amide bonds. The Bertz CT molecular complexity index is 353. The lowest BCUT2D eigenvalue weighted by atomic mass is 10.4. The topological polar surface area (TPSA) is 77.2 Å². The number of hydrogen-bond donors (Lipinski definition) is 1. The van der Waals surface area contributed by atoms with Crippen LogP contribution in [0.2, 0.25) is 0 Å². The molecule has 0 aliphatic carbocycles. The van der Waals surface area contributed by atoms with E-state index in [2.05, 4.69) is 10.2 Å². The predicted molar refractivity (Wildman–Crippen MR) is 54.8 cm³/mol. The molecule has 0 aliphatic heterocycles. The minimum Gasteiger partial charge on any atom is -0.481 e. The highest BCUT2D eigenvalue weighted by Crippen LogP contribution is 2.19. The van der Waals surface area contributed by atoms with Crippen LogP contribution in [0.15, 0.2) is 5.16 Å². The van der Waals surface area contributed by atoms with Crippen LogP contribution in [0.5, 0.6) is 0 Å². The average molecular weight is 231 g/mol. The maximum absolute atomic E-state index is 10.4. The second-order valence-corrected chi connectivity index (χ2v) is 3.90. The summed E-state index contributed by atoms with van der Waals surface area (Å²) >= 11 is 1.14. The van der Waals surface area contributed by atoms with Crippen LogP contribution in [0, 0.1) is 0 Å². The summed E-state index contributed by atoms with van der Waals surface area (Å²) in [6, 6.07) is 0. The highest BCUT2D eigenvalue weighted by Gasteiger charge is 2.15. The summed E-state index contributed by atoms with van der Waals surface area (Å²) < 4.78 is 6.84. The largest absolute Gasteiger partial charge is 0.481 e. The van der Waals surface area contributed by atoms with E-state index in [9.17, 15) is 4.79 Å². The number of carboxylic acids is 1. The number of carbonyl (C=O) groups is 1. The molecule has 0 saturated heterocycles. The lowest BCUT2D eigenvalue weighted by molar-refractivity contribution is -0.133. The van der Waals surface area contributed by atoms with Crippen molar-refractivity contribution in [2.45, 2.75) is 18.2 Å². The third kappa shape index (κ3) is 2.93. The Morgan fingerprint density at radius 1 is 1.67 bits per heavy atom. The lowest BCUT2D eigenvalue weighted by Gasteiger charge is -2.08. The third-order valence-electron chi connectivity index (χ3n) is 1.91. The molecule has 1 unspecified atom stereocenters. The first-order valence-corrected chi connectivity index (χ1v) is 5.31. The van der Waals surface area contributed by atoms with Crippen LogP contribution in [0.1, 0.15) is 18.9 Å². The number of aromatic nitrogens is 3. The standard InChI is InChI=1S/C8H13N3O3S/c1-5(14-3)7-9-10-8(11(7)2)15-4-6(12)13/h5H,4H2,1-3H3,(H,12,13). The first-order chi connectivity index (χ1) is 7.06. The zero-order valence-electron chi connectivity index (χ0n) is 8.80. The molecule has 0 bridgehead atoms. The Kier molecular flexibility index (Phi) is 4.10. The fourth-order valence-corrected chi connectivity index (χ4v) is 1.68. The molecule has 7 heteroatoms. The van der Waals surface area contributed by atoms with Crippen LogP contribution < -0.4 is 0 Å². The van der Waals surface area contributed by atoms with E-state index in [0.29, 0.717) is 11.0 Å². The van der Waals surface area contributed by atoms with Gasteiger partial charge in [-0.15, -0.1) is 10.2 Å². The Labute approximate surface area is 91.6 Å². The van der Waals surface area contributed by atoms with E-state index in [1.807, 2.05) is 6.92 Å². The Morgan fingerprint density at radius 2 is 2.33 bits per heavy atom. The molecule has 1 N–H and O–H groups in total. The summed E-state index contributed by atoms with van der Waals surface area (Å²) in [5, 5.41) is 16.9. The second-order valence-electron chi connectivity index (χ2n) is 2.96. The van der Waals surface area contributed by atoms with Crippen LogP contribution in [0.4, 0.5) is 0 Å². The Morgan fingerprint density at radius 3 is 2.87 bits per heavy atom. The highest BCUT2D eigenvalue weighted by atomic mass is 32.2. The van der Waals surface area contributed by atoms with Crippen molar-refractivity contribution in [1.82, 2.24) is 14.8 Å². The number of hydrogen-bond acceptors (Lipinski definition) is 5. The van der Waals surface area contributed by atoms with Crippen molar-refractivity contribution in [3.63, 3.8) is 0 Å². The van der Waals surface area contributed by atoms with E-state index < -0.39 is 5.97 Å². The molecule has 0 aromatic carbocycles. The number of nitrogens with zero attached hydrogens (tertiary/aromatic N) is 3. The van der Waals surface area contributed by atoms with Crippen molar-refractivity contribution in [3.8, 4) is 0 Å². The maximum Gasteiger partial charge on any atom is 0.313 e. The summed E-state index contributed by atoms with van der Waals surface area (Å²) in [5.41, 5.74) is 0. The molecule has 0 fully saturated rings. The van der Waals surface area contributed by atoms with Gasteiger partial charge in [0.05, 0.1) is 5.75 Å². The van der Waals surface area contributed by atoms with E-state index in [4.69, 9.17) is 9.84 Å². The van der Waals surface area contributed by atoms with E-state index in [0.717, 1.165) is 11.8 Å². The smallest absolute Gasteiger partial charge is 0.313 e. The van der Waals surface area contributed by atoms with Crippen molar-refractivity contribution in [2.75, 3.05) is 12.9 Å². The van der Waals surface area contributed by atoms with Gasteiger partial charge < -0.3 is 14.4 Å². The van der Waals surface area contributed by atoms with Gasteiger partial charge in [-0.1, -0.05) is 11.8 Å². The monoisotopic (exact) mass is 231 g/mol. The number of thioether (sulfide) groups is 1. The van der Waals surface area contributed by atoms with Crippen LogP contribution >= 0.6 is 11.8 Å². The quantitative estimate of drug-likeness (QED) is 0.752. The number of rotatable bonds is 5. The zero-order chi connectivity index (χ0) is 11.4.